The molecule has 76 valence electrons. The molecule has 4 heteroatoms. The topological polar surface area (TPSA) is 26.3 Å². The zero-order valence-corrected chi connectivity index (χ0v) is 10.6. The molecule has 0 amide bonds. The molecule has 14 heavy (non-hydrogen) atoms. The van der Waals surface area contributed by atoms with E-state index < -0.39 is 0 Å². The van der Waals surface area contributed by atoms with Gasteiger partial charge in [-0.15, -0.1) is 0 Å². The van der Waals surface area contributed by atoms with Crippen LogP contribution >= 0.6 is 34.2 Å². The predicted octanol–water partition coefficient (Wildman–Crippen LogP) is 3.05. The van der Waals surface area contributed by atoms with Gasteiger partial charge in [0.1, 0.15) is 0 Å². The van der Waals surface area contributed by atoms with Gasteiger partial charge in [-0.05, 0) is 41.1 Å². The Morgan fingerprint density at radius 2 is 2.29 bits per heavy atom. The zero-order valence-electron chi connectivity index (χ0n) is 7.72. The van der Waals surface area contributed by atoms with Crippen LogP contribution in [0.1, 0.15) is 12.5 Å². The average Bonchev–Trinajstić information content (AvgIpc) is 2.13. The largest absolute Gasteiger partial charge is 0.466 e. The van der Waals surface area contributed by atoms with Crippen LogP contribution in [0.25, 0.3) is 0 Å². The molecule has 0 fully saturated rings. The highest BCUT2D eigenvalue weighted by atomic mass is 127. The van der Waals surface area contributed by atoms with Crippen LogP contribution in [0, 0.1) is 3.57 Å². The fraction of sp³-hybridized carbons (Fsp3) is 0.300. The summed E-state index contributed by atoms with van der Waals surface area (Å²) < 4.78 is 5.79. The number of hydrogen-bond acceptors (Lipinski definition) is 2. The quantitative estimate of drug-likeness (QED) is 0.631. The molecule has 0 spiro atoms. The van der Waals surface area contributed by atoms with E-state index in [4.69, 9.17) is 16.3 Å². The summed E-state index contributed by atoms with van der Waals surface area (Å²) in [6, 6.07) is 5.61. The van der Waals surface area contributed by atoms with Crippen molar-refractivity contribution < 1.29 is 9.53 Å². The highest BCUT2D eigenvalue weighted by Crippen LogP contribution is 2.23. The Kier molecular flexibility index (Phi) is 4.68. The third-order valence-electron chi connectivity index (χ3n) is 1.67. The van der Waals surface area contributed by atoms with Crippen LogP contribution < -0.4 is 0 Å². The first kappa shape index (κ1) is 11.8. The van der Waals surface area contributed by atoms with E-state index in [9.17, 15) is 4.79 Å². The molecule has 0 N–H and O–H groups in total. The van der Waals surface area contributed by atoms with Crippen molar-refractivity contribution in [2.24, 2.45) is 0 Å². The van der Waals surface area contributed by atoms with Crippen LogP contribution in [-0.2, 0) is 16.0 Å². The van der Waals surface area contributed by atoms with E-state index in [1.807, 2.05) is 18.2 Å². The maximum Gasteiger partial charge on any atom is 0.310 e. The van der Waals surface area contributed by atoms with E-state index in [-0.39, 0.29) is 12.4 Å². The summed E-state index contributed by atoms with van der Waals surface area (Å²) >= 11 is 8.16. The van der Waals surface area contributed by atoms with Gasteiger partial charge in [0, 0.05) is 3.57 Å². The van der Waals surface area contributed by atoms with Gasteiger partial charge in [-0.3, -0.25) is 4.79 Å². The van der Waals surface area contributed by atoms with Crippen molar-refractivity contribution in [3.8, 4) is 0 Å². The summed E-state index contributed by atoms with van der Waals surface area (Å²) in [5.41, 5.74) is 0.817. The monoisotopic (exact) mass is 324 g/mol. The Morgan fingerprint density at radius 1 is 1.57 bits per heavy atom. The summed E-state index contributed by atoms with van der Waals surface area (Å²) in [6.07, 6.45) is 0.240. The van der Waals surface area contributed by atoms with Crippen molar-refractivity contribution in [2.75, 3.05) is 6.61 Å². The van der Waals surface area contributed by atoms with E-state index in [2.05, 4.69) is 22.6 Å². The third kappa shape index (κ3) is 3.13. The Morgan fingerprint density at radius 3 is 2.93 bits per heavy atom. The van der Waals surface area contributed by atoms with E-state index in [1.165, 1.54) is 0 Å². The maximum atomic E-state index is 11.2. The van der Waals surface area contributed by atoms with Crippen LogP contribution in [0.3, 0.4) is 0 Å². The number of rotatable bonds is 3. The average molecular weight is 325 g/mol. The lowest BCUT2D eigenvalue weighted by Gasteiger charge is -2.05. The van der Waals surface area contributed by atoms with Gasteiger partial charge in [-0.25, -0.2) is 0 Å². The molecule has 0 saturated heterocycles. The predicted molar refractivity (Wildman–Crippen MR) is 64.5 cm³/mol. The van der Waals surface area contributed by atoms with Gasteiger partial charge in [0.15, 0.2) is 0 Å². The fourth-order valence-electron chi connectivity index (χ4n) is 1.05. The minimum absolute atomic E-state index is 0.239. The third-order valence-corrected chi connectivity index (χ3v) is 3.34. The number of carbonyl (C=O) groups is 1. The highest BCUT2D eigenvalue weighted by Gasteiger charge is 2.09. The molecule has 1 aromatic rings. The van der Waals surface area contributed by atoms with Crippen molar-refractivity contribution in [2.45, 2.75) is 13.3 Å². The Balaban J connectivity index is 2.76. The molecule has 2 nitrogen and oxygen atoms in total. The summed E-state index contributed by atoms with van der Waals surface area (Å²) in [5, 5.41) is 0.640. The lowest BCUT2D eigenvalue weighted by molar-refractivity contribution is -0.142. The zero-order chi connectivity index (χ0) is 10.6. The first-order valence-corrected chi connectivity index (χ1v) is 5.69. The van der Waals surface area contributed by atoms with Crippen LogP contribution in [0.5, 0.6) is 0 Å². The second-order valence-electron chi connectivity index (χ2n) is 2.69. The Bertz CT molecular complexity index is 339. The highest BCUT2D eigenvalue weighted by molar-refractivity contribution is 14.1. The van der Waals surface area contributed by atoms with Gasteiger partial charge < -0.3 is 4.74 Å². The first-order valence-electron chi connectivity index (χ1n) is 4.23. The van der Waals surface area contributed by atoms with Crippen molar-refractivity contribution in [3.63, 3.8) is 0 Å². The van der Waals surface area contributed by atoms with E-state index in [0.717, 1.165) is 9.13 Å². The fourth-order valence-corrected chi connectivity index (χ4v) is 1.80. The van der Waals surface area contributed by atoms with E-state index in [1.54, 1.807) is 6.92 Å². The minimum atomic E-state index is -0.239. The standard InChI is InChI=1S/C10H10ClIO2/c1-2-14-9(13)6-7-4-3-5-8(12)10(7)11/h3-5H,2,6H2,1H3. The van der Waals surface area contributed by atoms with Gasteiger partial charge in [0.05, 0.1) is 18.1 Å². The van der Waals surface area contributed by atoms with Crippen LogP contribution in [0.15, 0.2) is 18.2 Å². The lowest BCUT2D eigenvalue weighted by Crippen LogP contribution is -2.08. The van der Waals surface area contributed by atoms with Gasteiger partial charge in [-0.2, -0.15) is 0 Å². The van der Waals surface area contributed by atoms with Gasteiger partial charge in [0.2, 0.25) is 0 Å². The summed E-state index contributed by atoms with van der Waals surface area (Å²) in [5.74, 6) is -0.239. The molecule has 0 saturated carbocycles. The molecule has 0 atom stereocenters. The number of esters is 1. The molecule has 1 rings (SSSR count). The van der Waals surface area contributed by atoms with Gasteiger partial charge >= 0.3 is 5.97 Å². The number of benzene rings is 1. The normalized spacial score (nSPS) is 9.93. The van der Waals surface area contributed by atoms with Crippen LogP contribution in [-0.4, -0.2) is 12.6 Å². The molecular formula is C10H10ClIO2. The second-order valence-corrected chi connectivity index (χ2v) is 4.23. The van der Waals surface area contributed by atoms with Crippen molar-refractivity contribution in [1.82, 2.24) is 0 Å². The Labute approximate surface area is 102 Å². The van der Waals surface area contributed by atoms with Crippen molar-refractivity contribution in [3.05, 3.63) is 32.4 Å². The SMILES string of the molecule is CCOC(=O)Cc1cccc(I)c1Cl. The molecule has 1 aromatic carbocycles. The van der Waals surface area contributed by atoms with Crippen molar-refractivity contribution >= 4 is 40.2 Å². The first-order chi connectivity index (χ1) is 6.65. The van der Waals surface area contributed by atoms with Crippen LogP contribution in [0.2, 0.25) is 5.02 Å². The number of halogens is 2. The molecule has 0 aliphatic rings. The van der Waals surface area contributed by atoms with Gasteiger partial charge in [-0.1, -0.05) is 23.7 Å². The molecule has 0 aromatic heterocycles. The number of carbonyl (C=O) groups excluding carboxylic acids is 1. The summed E-state index contributed by atoms with van der Waals surface area (Å²) in [6.45, 7) is 2.19. The second kappa shape index (κ2) is 5.56. The molecular weight excluding hydrogens is 314 g/mol. The van der Waals surface area contributed by atoms with Crippen LogP contribution in [0.4, 0.5) is 0 Å². The molecule has 0 aliphatic carbocycles. The molecule has 0 bridgehead atoms. The van der Waals surface area contributed by atoms with Crippen molar-refractivity contribution in [1.29, 1.82) is 0 Å². The minimum Gasteiger partial charge on any atom is -0.466 e. The number of hydrogen-bond donors (Lipinski definition) is 0. The Hall–Kier alpha value is -0.290. The molecule has 0 aliphatic heterocycles. The smallest absolute Gasteiger partial charge is 0.310 e. The molecule has 0 unspecified atom stereocenters. The lowest BCUT2D eigenvalue weighted by atomic mass is 10.1. The maximum absolute atomic E-state index is 11.2. The molecule has 0 heterocycles. The summed E-state index contributed by atoms with van der Waals surface area (Å²) in [4.78, 5) is 11.2. The number of ether oxygens (including phenoxy) is 1. The van der Waals surface area contributed by atoms with Gasteiger partial charge in [0.25, 0.3) is 0 Å². The molecule has 0 radical (unpaired) electrons. The van der Waals surface area contributed by atoms with E-state index in [0.29, 0.717) is 11.6 Å². The van der Waals surface area contributed by atoms with E-state index >= 15 is 0 Å². The summed E-state index contributed by atoms with van der Waals surface area (Å²) in [7, 11) is 0.